The maximum Gasteiger partial charge on any atom is 0.143 e. The van der Waals surface area contributed by atoms with Crippen molar-refractivity contribution in [3.05, 3.63) is 18.2 Å². The van der Waals surface area contributed by atoms with Gasteiger partial charge < -0.3 is 20.1 Å². The summed E-state index contributed by atoms with van der Waals surface area (Å²) in [6.45, 7) is 5.89. The van der Waals surface area contributed by atoms with Crippen LogP contribution < -0.4 is 15.4 Å². The van der Waals surface area contributed by atoms with Crippen LogP contribution in [0.2, 0.25) is 0 Å². The molecule has 2 atom stereocenters. The standard InChI is InChI=1S/C13H20N2O2/c1-9-7-15(8-10(2)17-9)11-5-4-6-12(16-3)13(11)14/h4-6,9-10H,7-8,14H2,1-3H3. The number of benzene rings is 1. The van der Waals surface area contributed by atoms with Gasteiger partial charge in [0.15, 0.2) is 0 Å². The summed E-state index contributed by atoms with van der Waals surface area (Å²) in [4.78, 5) is 2.26. The average Bonchev–Trinajstić information content (AvgIpc) is 2.28. The summed E-state index contributed by atoms with van der Waals surface area (Å²) in [7, 11) is 1.64. The van der Waals surface area contributed by atoms with E-state index >= 15 is 0 Å². The Morgan fingerprint density at radius 2 is 1.94 bits per heavy atom. The fraction of sp³-hybridized carbons (Fsp3) is 0.538. The molecule has 1 fully saturated rings. The second kappa shape index (κ2) is 4.84. The molecule has 2 unspecified atom stereocenters. The Labute approximate surface area is 102 Å². The molecule has 17 heavy (non-hydrogen) atoms. The fourth-order valence-electron chi connectivity index (χ4n) is 2.36. The first-order valence-corrected chi connectivity index (χ1v) is 5.94. The largest absolute Gasteiger partial charge is 0.495 e. The Kier molecular flexibility index (Phi) is 3.43. The molecule has 0 bridgehead atoms. The van der Waals surface area contributed by atoms with Gasteiger partial charge in [-0.3, -0.25) is 0 Å². The summed E-state index contributed by atoms with van der Waals surface area (Å²) in [6, 6.07) is 5.88. The molecule has 1 aliphatic rings. The summed E-state index contributed by atoms with van der Waals surface area (Å²) < 4.78 is 11.0. The minimum Gasteiger partial charge on any atom is -0.495 e. The van der Waals surface area contributed by atoms with Gasteiger partial charge in [-0.15, -0.1) is 0 Å². The number of ether oxygens (including phenoxy) is 2. The van der Waals surface area contributed by atoms with Crippen LogP contribution in [0.1, 0.15) is 13.8 Å². The molecule has 0 aromatic heterocycles. The van der Waals surface area contributed by atoms with Crippen LogP contribution in [0.15, 0.2) is 18.2 Å². The van der Waals surface area contributed by atoms with Crippen molar-refractivity contribution in [2.45, 2.75) is 26.1 Å². The van der Waals surface area contributed by atoms with Crippen LogP contribution in [0, 0.1) is 0 Å². The van der Waals surface area contributed by atoms with Crippen molar-refractivity contribution < 1.29 is 9.47 Å². The number of nitrogens with zero attached hydrogens (tertiary/aromatic N) is 1. The molecule has 4 heteroatoms. The number of nitrogen functional groups attached to an aromatic ring is 1. The van der Waals surface area contributed by atoms with Crippen molar-refractivity contribution in [1.29, 1.82) is 0 Å². The molecule has 2 rings (SSSR count). The van der Waals surface area contributed by atoms with Gasteiger partial charge in [0.1, 0.15) is 5.75 Å². The van der Waals surface area contributed by atoms with Gasteiger partial charge in [0.25, 0.3) is 0 Å². The third-order valence-corrected chi connectivity index (χ3v) is 3.02. The Balaban J connectivity index is 2.27. The molecule has 0 spiro atoms. The van der Waals surface area contributed by atoms with Crippen LogP contribution in [-0.2, 0) is 4.74 Å². The SMILES string of the molecule is COc1cccc(N2CC(C)OC(C)C2)c1N. The molecule has 0 aliphatic carbocycles. The molecule has 1 saturated heterocycles. The summed E-state index contributed by atoms with van der Waals surface area (Å²) >= 11 is 0. The van der Waals surface area contributed by atoms with Gasteiger partial charge in [-0.1, -0.05) is 6.07 Å². The van der Waals surface area contributed by atoms with E-state index in [0.29, 0.717) is 5.69 Å². The molecule has 1 aliphatic heterocycles. The van der Waals surface area contributed by atoms with Crippen LogP contribution in [0.25, 0.3) is 0 Å². The number of rotatable bonds is 2. The lowest BCUT2D eigenvalue weighted by molar-refractivity contribution is -0.00518. The van der Waals surface area contributed by atoms with Gasteiger partial charge in [0, 0.05) is 13.1 Å². The normalized spacial score (nSPS) is 24.8. The third kappa shape index (κ3) is 2.47. The van der Waals surface area contributed by atoms with Gasteiger partial charge in [-0.25, -0.2) is 0 Å². The molecule has 0 saturated carbocycles. The summed E-state index contributed by atoms with van der Waals surface area (Å²) in [5.41, 5.74) is 7.85. The molecule has 0 radical (unpaired) electrons. The van der Waals surface area contributed by atoms with Crippen molar-refractivity contribution in [1.82, 2.24) is 0 Å². The number of nitrogens with two attached hydrogens (primary N) is 1. The first-order valence-electron chi connectivity index (χ1n) is 5.94. The Morgan fingerprint density at radius 1 is 1.29 bits per heavy atom. The topological polar surface area (TPSA) is 47.7 Å². The highest BCUT2D eigenvalue weighted by molar-refractivity contribution is 5.74. The van der Waals surface area contributed by atoms with Crippen LogP contribution in [-0.4, -0.2) is 32.4 Å². The molecule has 4 nitrogen and oxygen atoms in total. The number of morpholine rings is 1. The molecule has 94 valence electrons. The van der Waals surface area contributed by atoms with E-state index in [9.17, 15) is 0 Å². The van der Waals surface area contributed by atoms with Gasteiger partial charge in [0.05, 0.1) is 30.7 Å². The minimum absolute atomic E-state index is 0.226. The molecule has 2 N–H and O–H groups in total. The average molecular weight is 236 g/mol. The Morgan fingerprint density at radius 3 is 2.53 bits per heavy atom. The highest BCUT2D eigenvalue weighted by atomic mass is 16.5. The first-order chi connectivity index (χ1) is 8.11. The van der Waals surface area contributed by atoms with Crippen LogP contribution in [0.4, 0.5) is 11.4 Å². The summed E-state index contributed by atoms with van der Waals surface area (Å²) in [5.74, 6) is 0.731. The van der Waals surface area contributed by atoms with Gasteiger partial charge in [-0.2, -0.15) is 0 Å². The van der Waals surface area contributed by atoms with E-state index in [4.69, 9.17) is 15.2 Å². The van der Waals surface area contributed by atoms with Crippen molar-refractivity contribution in [2.24, 2.45) is 0 Å². The van der Waals surface area contributed by atoms with Gasteiger partial charge in [0.2, 0.25) is 0 Å². The van der Waals surface area contributed by atoms with E-state index in [0.717, 1.165) is 24.5 Å². The van der Waals surface area contributed by atoms with E-state index in [2.05, 4.69) is 18.7 Å². The smallest absolute Gasteiger partial charge is 0.143 e. The second-order valence-electron chi connectivity index (χ2n) is 4.56. The highest BCUT2D eigenvalue weighted by Crippen LogP contribution is 2.33. The monoisotopic (exact) mass is 236 g/mol. The number of para-hydroxylation sites is 1. The molecular weight excluding hydrogens is 216 g/mol. The maximum absolute atomic E-state index is 6.11. The summed E-state index contributed by atoms with van der Waals surface area (Å²) in [5, 5.41) is 0. The van der Waals surface area contributed by atoms with E-state index < -0.39 is 0 Å². The van der Waals surface area contributed by atoms with E-state index in [-0.39, 0.29) is 12.2 Å². The second-order valence-corrected chi connectivity index (χ2v) is 4.56. The first kappa shape index (κ1) is 12.0. The summed E-state index contributed by atoms with van der Waals surface area (Å²) in [6.07, 6.45) is 0.453. The number of methoxy groups -OCH3 is 1. The van der Waals surface area contributed by atoms with Crippen molar-refractivity contribution in [3.8, 4) is 5.75 Å². The predicted molar refractivity (Wildman–Crippen MR) is 69.6 cm³/mol. The zero-order valence-electron chi connectivity index (χ0n) is 10.6. The molecule has 1 aromatic carbocycles. The lowest BCUT2D eigenvalue weighted by Gasteiger charge is -2.37. The Bertz CT molecular complexity index is 385. The van der Waals surface area contributed by atoms with E-state index in [1.54, 1.807) is 7.11 Å². The zero-order chi connectivity index (χ0) is 12.4. The van der Waals surface area contributed by atoms with Crippen LogP contribution in [0.5, 0.6) is 5.75 Å². The Hall–Kier alpha value is -1.42. The quantitative estimate of drug-likeness (QED) is 0.797. The fourth-order valence-corrected chi connectivity index (χ4v) is 2.36. The van der Waals surface area contributed by atoms with Crippen LogP contribution >= 0.6 is 0 Å². The van der Waals surface area contributed by atoms with Gasteiger partial charge in [-0.05, 0) is 26.0 Å². The van der Waals surface area contributed by atoms with E-state index in [1.165, 1.54) is 0 Å². The zero-order valence-corrected chi connectivity index (χ0v) is 10.6. The number of anilines is 2. The molecule has 1 heterocycles. The van der Waals surface area contributed by atoms with Gasteiger partial charge >= 0.3 is 0 Å². The maximum atomic E-state index is 6.11. The molecular formula is C13H20N2O2. The number of hydrogen-bond donors (Lipinski definition) is 1. The van der Waals surface area contributed by atoms with Crippen LogP contribution in [0.3, 0.4) is 0 Å². The minimum atomic E-state index is 0.226. The highest BCUT2D eigenvalue weighted by Gasteiger charge is 2.24. The van der Waals surface area contributed by atoms with Crippen molar-refractivity contribution >= 4 is 11.4 Å². The lowest BCUT2D eigenvalue weighted by atomic mass is 10.1. The van der Waals surface area contributed by atoms with Crippen molar-refractivity contribution in [2.75, 3.05) is 30.8 Å². The third-order valence-electron chi connectivity index (χ3n) is 3.02. The lowest BCUT2D eigenvalue weighted by Crippen LogP contribution is -2.45. The number of hydrogen-bond acceptors (Lipinski definition) is 4. The van der Waals surface area contributed by atoms with Crippen molar-refractivity contribution in [3.63, 3.8) is 0 Å². The molecule has 1 aromatic rings. The van der Waals surface area contributed by atoms with E-state index in [1.807, 2.05) is 18.2 Å². The molecule has 0 amide bonds. The predicted octanol–water partition coefficient (Wildman–Crippen LogP) is 1.89.